The minimum Gasteiger partial charge on any atom is -0.496 e. The Morgan fingerprint density at radius 2 is 2.28 bits per heavy atom. The highest BCUT2D eigenvalue weighted by atomic mass is 16.5. The van der Waals surface area contributed by atoms with Crippen molar-refractivity contribution in [2.75, 3.05) is 20.2 Å². The van der Waals surface area contributed by atoms with Crippen LogP contribution >= 0.6 is 0 Å². The predicted molar refractivity (Wildman–Crippen MR) is 112 cm³/mol. The largest absolute Gasteiger partial charge is 0.496 e. The van der Waals surface area contributed by atoms with Crippen LogP contribution in [0.1, 0.15) is 59.9 Å². The highest BCUT2D eigenvalue weighted by molar-refractivity contribution is 5.76. The molecular formula is C23H30N4O2. The van der Waals surface area contributed by atoms with Crippen LogP contribution in [0.5, 0.6) is 5.75 Å². The third-order valence-electron chi connectivity index (χ3n) is 5.99. The number of fused-ring (bicyclic) bond motifs is 1. The number of amides is 1. The Balaban J connectivity index is 1.29. The van der Waals surface area contributed by atoms with E-state index in [1.807, 2.05) is 17.2 Å². The molecule has 4 rings (SSSR count). The van der Waals surface area contributed by atoms with Crippen molar-refractivity contribution in [1.29, 1.82) is 0 Å². The zero-order valence-electron chi connectivity index (χ0n) is 17.4. The molecule has 2 aliphatic rings. The Hall–Kier alpha value is -2.47. The molecule has 1 fully saturated rings. The molecule has 1 amide bonds. The zero-order valence-corrected chi connectivity index (χ0v) is 17.4. The van der Waals surface area contributed by atoms with E-state index in [1.54, 1.807) is 7.11 Å². The van der Waals surface area contributed by atoms with Crippen molar-refractivity contribution in [3.63, 3.8) is 0 Å². The quantitative estimate of drug-likeness (QED) is 0.815. The van der Waals surface area contributed by atoms with Gasteiger partial charge in [0.2, 0.25) is 5.91 Å². The number of aromatic nitrogens is 2. The van der Waals surface area contributed by atoms with E-state index in [4.69, 9.17) is 9.72 Å². The lowest BCUT2D eigenvalue weighted by Gasteiger charge is -2.28. The zero-order chi connectivity index (χ0) is 20.2. The van der Waals surface area contributed by atoms with Crippen LogP contribution in [0.25, 0.3) is 0 Å². The second kappa shape index (κ2) is 8.91. The molecule has 3 heterocycles. The van der Waals surface area contributed by atoms with Gasteiger partial charge in [0, 0.05) is 37.7 Å². The first-order valence-corrected chi connectivity index (χ1v) is 10.6. The molecule has 0 saturated carbocycles. The minimum absolute atomic E-state index is 0.224. The van der Waals surface area contributed by atoms with Gasteiger partial charge in [-0.1, -0.05) is 12.1 Å². The van der Waals surface area contributed by atoms with E-state index in [9.17, 15) is 4.79 Å². The number of rotatable bonds is 6. The van der Waals surface area contributed by atoms with Gasteiger partial charge in [-0.15, -0.1) is 0 Å². The first-order chi connectivity index (χ1) is 14.1. The Morgan fingerprint density at radius 3 is 3.03 bits per heavy atom. The van der Waals surface area contributed by atoms with Crippen molar-refractivity contribution < 1.29 is 9.53 Å². The van der Waals surface area contributed by atoms with Crippen LogP contribution in [0.15, 0.2) is 24.4 Å². The second-order valence-electron chi connectivity index (χ2n) is 8.07. The van der Waals surface area contributed by atoms with Gasteiger partial charge in [0.15, 0.2) is 0 Å². The number of aryl methyl sites for hydroxylation is 2. The van der Waals surface area contributed by atoms with E-state index in [0.717, 1.165) is 67.2 Å². The molecule has 1 saturated heterocycles. The third-order valence-corrected chi connectivity index (χ3v) is 5.99. The van der Waals surface area contributed by atoms with Gasteiger partial charge in [0.05, 0.1) is 18.8 Å². The molecule has 154 valence electrons. The number of carbonyl (C=O) groups excluding carboxylic acids is 1. The van der Waals surface area contributed by atoms with Crippen molar-refractivity contribution in [2.45, 2.75) is 58.0 Å². The van der Waals surface area contributed by atoms with Crippen molar-refractivity contribution in [3.8, 4) is 5.75 Å². The van der Waals surface area contributed by atoms with Gasteiger partial charge in [-0.2, -0.15) is 0 Å². The minimum atomic E-state index is 0.224. The molecule has 2 aromatic rings. The fourth-order valence-corrected chi connectivity index (χ4v) is 4.32. The van der Waals surface area contributed by atoms with Crippen LogP contribution < -0.4 is 10.1 Å². The van der Waals surface area contributed by atoms with Gasteiger partial charge in [0.1, 0.15) is 11.6 Å². The van der Waals surface area contributed by atoms with E-state index >= 15 is 0 Å². The number of nitrogens with zero attached hydrogens (tertiary/aromatic N) is 3. The lowest BCUT2D eigenvalue weighted by molar-refractivity contribution is -0.132. The maximum atomic E-state index is 12.7. The van der Waals surface area contributed by atoms with Crippen LogP contribution in [0.2, 0.25) is 0 Å². The van der Waals surface area contributed by atoms with Crippen LogP contribution in [0.4, 0.5) is 0 Å². The number of hydrogen-bond acceptors (Lipinski definition) is 5. The van der Waals surface area contributed by atoms with Crippen molar-refractivity contribution in [2.24, 2.45) is 0 Å². The van der Waals surface area contributed by atoms with Crippen molar-refractivity contribution in [3.05, 3.63) is 52.6 Å². The lowest BCUT2D eigenvalue weighted by atomic mass is 10.0. The molecule has 6 nitrogen and oxygen atoms in total. The van der Waals surface area contributed by atoms with Gasteiger partial charge in [-0.25, -0.2) is 9.97 Å². The molecule has 1 atom stereocenters. The summed E-state index contributed by atoms with van der Waals surface area (Å²) in [6.45, 7) is 4.48. The van der Waals surface area contributed by atoms with Crippen LogP contribution in [-0.4, -0.2) is 41.0 Å². The average molecular weight is 395 g/mol. The number of benzene rings is 1. The Morgan fingerprint density at radius 1 is 1.38 bits per heavy atom. The van der Waals surface area contributed by atoms with Crippen molar-refractivity contribution >= 4 is 5.91 Å². The summed E-state index contributed by atoms with van der Waals surface area (Å²) in [5.41, 5.74) is 4.59. The molecule has 1 N–H and O–H groups in total. The summed E-state index contributed by atoms with van der Waals surface area (Å²) in [7, 11) is 1.69. The molecule has 6 heteroatoms. The second-order valence-corrected chi connectivity index (χ2v) is 8.07. The van der Waals surface area contributed by atoms with E-state index in [1.165, 1.54) is 12.0 Å². The molecule has 0 spiro atoms. The molecule has 2 aliphatic heterocycles. The molecule has 0 aliphatic carbocycles. The third kappa shape index (κ3) is 4.58. The van der Waals surface area contributed by atoms with E-state index in [0.29, 0.717) is 19.0 Å². The topological polar surface area (TPSA) is 67.3 Å². The summed E-state index contributed by atoms with van der Waals surface area (Å²) < 4.78 is 5.31. The Bertz CT molecular complexity index is 877. The Labute approximate surface area is 172 Å². The fraction of sp³-hybridized carbons (Fsp3) is 0.522. The highest BCUT2D eigenvalue weighted by Gasteiger charge is 2.24. The average Bonchev–Trinajstić information content (AvgIpc) is 3.28. The SMILES string of the molecule is COc1ccc(CCCC(=O)N2CCc3nc([C@@H]4CCCN4)ncc3C2)cc1C. The van der Waals surface area contributed by atoms with Crippen LogP contribution in [-0.2, 0) is 24.2 Å². The fourth-order valence-electron chi connectivity index (χ4n) is 4.32. The lowest BCUT2D eigenvalue weighted by Crippen LogP contribution is -2.36. The number of hydrogen-bond donors (Lipinski definition) is 1. The van der Waals surface area contributed by atoms with Crippen LogP contribution in [0.3, 0.4) is 0 Å². The number of methoxy groups -OCH3 is 1. The summed E-state index contributed by atoms with van der Waals surface area (Å²) >= 11 is 0. The van der Waals surface area contributed by atoms with Gasteiger partial charge >= 0.3 is 0 Å². The molecular weight excluding hydrogens is 364 g/mol. The van der Waals surface area contributed by atoms with Gasteiger partial charge in [-0.3, -0.25) is 4.79 Å². The van der Waals surface area contributed by atoms with Gasteiger partial charge in [0.25, 0.3) is 0 Å². The van der Waals surface area contributed by atoms with Gasteiger partial charge in [-0.05, 0) is 56.3 Å². The van der Waals surface area contributed by atoms with Crippen molar-refractivity contribution in [1.82, 2.24) is 20.2 Å². The van der Waals surface area contributed by atoms with Crippen LogP contribution in [0, 0.1) is 6.92 Å². The number of nitrogens with one attached hydrogen (secondary N) is 1. The first-order valence-electron chi connectivity index (χ1n) is 10.6. The summed E-state index contributed by atoms with van der Waals surface area (Å²) in [4.78, 5) is 24.0. The van der Waals surface area contributed by atoms with E-state index < -0.39 is 0 Å². The summed E-state index contributed by atoms with van der Waals surface area (Å²) in [5, 5.41) is 3.46. The smallest absolute Gasteiger partial charge is 0.222 e. The summed E-state index contributed by atoms with van der Waals surface area (Å²) in [6.07, 6.45) is 7.38. The molecule has 0 radical (unpaired) electrons. The summed E-state index contributed by atoms with van der Waals surface area (Å²) in [6, 6.07) is 6.53. The molecule has 0 unspecified atom stereocenters. The molecule has 0 bridgehead atoms. The first kappa shape index (κ1) is 19.8. The molecule has 29 heavy (non-hydrogen) atoms. The van der Waals surface area contributed by atoms with E-state index in [-0.39, 0.29) is 5.91 Å². The van der Waals surface area contributed by atoms with Gasteiger partial charge < -0.3 is 15.0 Å². The highest BCUT2D eigenvalue weighted by Crippen LogP contribution is 2.24. The number of carbonyl (C=O) groups is 1. The standard InChI is InChI=1S/C23H30N4O2/c1-16-13-17(8-9-21(16)29-2)5-3-7-22(28)27-12-10-19-18(15-27)14-25-23(26-19)20-6-4-11-24-20/h8-9,13-14,20,24H,3-7,10-12,15H2,1-2H3/t20-/m0/s1. The molecule has 1 aromatic heterocycles. The Kier molecular flexibility index (Phi) is 6.09. The summed E-state index contributed by atoms with van der Waals surface area (Å²) in [5.74, 6) is 2.05. The number of ether oxygens (including phenoxy) is 1. The molecule has 1 aromatic carbocycles. The predicted octanol–water partition coefficient (Wildman–Crippen LogP) is 3.13. The normalized spacial score (nSPS) is 18.6. The maximum absolute atomic E-state index is 12.7. The monoisotopic (exact) mass is 394 g/mol. The maximum Gasteiger partial charge on any atom is 0.222 e. The van der Waals surface area contributed by atoms with E-state index in [2.05, 4.69) is 29.4 Å².